The third kappa shape index (κ3) is 4.46. The maximum atomic E-state index is 13.4. The molecule has 0 amide bonds. The Hall–Kier alpha value is -1.67. The Kier molecular flexibility index (Phi) is 5.75. The van der Waals surface area contributed by atoms with E-state index in [1.807, 2.05) is 11.4 Å². The molecule has 0 bridgehead atoms. The van der Waals surface area contributed by atoms with Gasteiger partial charge in [0, 0.05) is 27.8 Å². The van der Waals surface area contributed by atoms with Crippen LogP contribution in [0.15, 0.2) is 35.7 Å². The van der Waals surface area contributed by atoms with Crippen molar-refractivity contribution < 1.29 is 14.2 Å². The Bertz CT molecular complexity index is 610. The van der Waals surface area contributed by atoms with Crippen molar-refractivity contribution in [3.8, 4) is 11.8 Å². The number of benzene rings is 1. The van der Waals surface area contributed by atoms with E-state index in [1.165, 1.54) is 6.07 Å². The van der Waals surface area contributed by atoms with Crippen molar-refractivity contribution >= 4 is 11.3 Å². The average molecular weight is 290 g/mol. The normalized spacial score (nSPS) is 10.1. The standard InChI is InChI=1S/C16H15FO2S/c17-16-7-2-1-6-14(16)10-19-11-15-9-13(12-20-15)5-3-4-8-18/h1-2,6-7,9,12,18H,4,8,10-11H2. The molecular formula is C16H15FO2S. The lowest BCUT2D eigenvalue weighted by Gasteiger charge is -2.03. The molecule has 0 radical (unpaired) electrons. The molecule has 1 N–H and O–H groups in total. The zero-order chi connectivity index (χ0) is 14.2. The monoisotopic (exact) mass is 290 g/mol. The maximum Gasteiger partial charge on any atom is 0.128 e. The molecule has 0 atom stereocenters. The lowest BCUT2D eigenvalue weighted by atomic mass is 10.2. The summed E-state index contributed by atoms with van der Waals surface area (Å²) in [7, 11) is 0. The maximum absolute atomic E-state index is 13.4. The number of rotatable bonds is 5. The van der Waals surface area contributed by atoms with Crippen LogP contribution >= 0.6 is 11.3 Å². The molecule has 2 rings (SSSR count). The number of hydrogen-bond donors (Lipinski definition) is 1. The van der Waals surface area contributed by atoms with Crippen molar-refractivity contribution in [3.05, 3.63) is 57.5 Å². The molecule has 0 unspecified atom stereocenters. The van der Waals surface area contributed by atoms with E-state index in [2.05, 4.69) is 11.8 Å². The van der Waals surface area contributed by atoms with Crippen molar-refractivity contribution in [2.45, 2.75) is 19.6 Å². The van der Waals surface area contributed by atoms with Gasteiger partial charge in [-0.15, -0.1) is 11.3 Å². The van der Waals surface area contributed by atoms with Crippen LogP contribution in [0.3, 0.4) is 0 Å². The minimum atomic E-state index is -0.241. The van der Waals surface area contributed by atoms with Crippen LogP contribution in [0.4, 0.5) is 4.39 Å². The van der Waals surface area contributed by atoms with Gasteiger partial charge in [0.25, 0.3) is 0 Å². The van der Waals surface area contributed by atoms with E-state index in [0.29, 0.717) is 18.6 Å². The zero-order valence-electron chi connectivity index (χ0n) is 10.9. The van der Waals surface area contributed by atoms with Crippen LogP contribution in [0.1, 0.15) is 22.4 Å². The highest BCUT2D eigenvalue weighted by molar-refractivity contribution is 7.10. The summed E-state index contributed by atoms with van der Waals surface area (Å²) in [6, 6.07) is 8.56. The van der Waals surface area contributed by atoms with Gasteiger partial charge in [-0.1, -0.05) is 30.0 Å². The van der Waals surface area contributed by atoms with Crippen LogP contribution in [-0.4, -0.2) is 11.7 Å². The average Bonchev–Trinajstić information content (AvgIpc) is 2.89. The first kappa shape index (κ1) is 14.7. The lowest BCUT2D eigenvalue weighted by molar-refractivity contribution is 0.107. The highest BCUT2D eigenvalue weighted by Gasteiger charge is 2.02. The molecule has 0 aliphatic rings. The van der Waals surface area contributed by atoms with Crippen molar-refractivity contribution in [1.82, 2.24) is 0 Å². The molecule has 4 heteroatoms. The zero-order valence-corrected chi connectivity index (χ0v) is 11.8. The first-order valence-corrected chi connectivity index (χ1v) is 7.16. The number of aliphatic hydroxyl groups is 1. The van der Waals surface area contributed by atoms with Gasteiger partial charge in [-0.05, 0) is 12.1 Å². The van der Waals surface area contributed by atoms with E-state index >= 15 is 0 Å². The van der Waals surface area contributed by atoms with Crippen LogP contribution in [0.25, 0.3) is 0 Å². The van der Waals surface area contributed by atoms with Gasteiger partial charge in [-0.2, -0.15) is 0 Å². The highest BCUT2D eigenvalue weighted by Crippen LogP contribution is 2.16. The molecule has 0 aliphatic heterocycles. The summed E-state index contributed by atoms with van der Waals surface area (Å²) in [5.41, 5.74) is 1.49. The van der Waals surface area contributed by atoms with E-state index in [4.69, 9.17) is 9.84 Å². The number of halogens is 1. The number of ether oxygens (including phenoxy) is 1. The van der Waals surface area contributed by atoms with Crippen LogP contribution in [0.2, 0.25) is 0 Å². The second-order valence-corrected chi connectivity index (χ2v) is 5.16. The molecule has 104 valence electrons. The topological polar surface area (TPSA) is 29.5 Å². The summed E-state index contributed by atoms with van der Waals surface area (Å²) in [5.74, 6) is 5.60. The Morgan fingerprint density at radius 1 is 1.25 bits per heavy atom. The second-order valence-electron chi connectivity index (χ2n) is 4.16. The van der Waals surface area contributed by atoms with Gasteiger partial charge in [0.1, 0.15) is 5.82 Å². The van der Waals surface area contributed by atoms with E-state index in [-0.39, 0.29) is 19.0 Å². The fourth-order valence-electron chi connectivity index (χ4n) is 1.62. The van der Waals surface area contributed by atoms with Crippen molar-refractivity contribution in [1.29, 1.82) is 0 Å². The Morgan fingerprint density at radius 2 is 2.10 bits per heavy atom. The van der Waals surface area contributed by atoms with Crippen molar-refractivity contribution in [3.63, 3.8) is 0 Å². The van der Waals surface area contributed by atoms with Gasteiger partial charge in [-0.3, -0.25) is 0 Å². The van der Waals surface area contributed by atoms with Gasteiger partial charge in [0.05, 0.1) is 19.8 Å². The molecule has 0 saturated heterocycles. The number of aliphatic hydroxyl groups excluding tert-OH is 1. The fraction of sp³-hybridized carbons (Fsp3) is 0.250. The van der Waals surface area contributed by atoms with E-state index < -0.39 is 0 Å². The molecule has 1 aromatic carbocycles. The first-order valence-electron chi connectivity index (χ1n) is 6.28. The third-order valence-corrected chi connectivity index (χ3v) is 3.49. The predicted octanol–water partition coefficient (Wildman–Crippen LogP) is 3.34. The third-order valence-electron chi connectivity index (χ3n) is 2.58. The van der Waals surface area contributed by atoms with E-state index in [0.717, 1.165) is 10.4 Å². The quantitative estimate of drug-likeness (QED) is 0.856. The predicted molar refractivity (Wildman–Crippen MR) is 77.8 cm³/mol. The molecule has 1 heterocycles. The smallest absolute Gasteiger partial charge is 0.128 e. The minimum absolute atomic E-state index is 0.0791. The summed E-state index contributed by atoms with van der Waals surface area (Å²) >= 11 is 1.56. The van der Waals surface area contributed by atoms with Gasteiger partial charge in [0.15, 0.2) is 0 Å². The first-order chi connectivity index (χ1) is 9.79. The SMILES string of the molecule is OCCC#Cc1csc(COCc2ccccc2F)c1. The summed E-state index contributed by atoms with van der Waals surface area (Å²) in [6.45, 7) is 0.784. The van der Waals surface area contributed by atoms with Gasteiger partial charge >= 0.3 is 0 Å². The largest absolute Gasteiger partial charge is 0.395 e. The Morgan fingerprint density at radius 3 is 2.90 bits per heavy atom. The van der Waals surface area contributed by atoms with Crippen LogP contribution < -0.4 is 0 Å². The van der Waals surface area contributed by atoms with E-state index in [1.54, 1.807) is 29.5 Å². The Balaban J connectivity index is 1.83. The van der Waals surface area contributed by atoms with Gasteiger partial charge in [0.2, 0.25) is 0 Å². The summed E-state index contributed by atoms with van der Waals surface area (Å²) in [5, 5.41) is 10.6. The minimum Gasteiger partial charge on any atom is -0.395 e. The Labute approximate surface area is 121 Å². The van der Waals surface area contributed by atoms with Crippen LogP contribution in [0, 0.1) is 17.7 Å². The van der Waals surface area contributed by atoms with Crippen LogP contribution in [-0.2, 0) is 18.0 Å². The molecule has 0 saturated carbocycles. The summed E-state index contributed by atoms with van der Waals surface area (Å²) in [6.07, 6.45) is 0.481. The molecule has 0 fully saturated rings. The van der Waals surface area contributed by atoms with Gasteiger partial charge in [-0.25, -0.2) is 4.39 Å². The highest BCUT2D eigenvalue weighted by atomic mass is 32.1. The van der Waals surface area contributed by atoms with Crippen LogP contribution in [0.5, 0.6) is 0 Å². The van der Waals surface area contributed by atoms with Crippen molar-refractivity contribution in [2.75, 3.05) is 6.61 Å². The number of thiophene rings is 1. The molecule has 1 aromatic heterocycles. The molecule has 2 nitrogen and oxygen atoms in total. The van der Waals surface area contributed by atoms with Gasteiger partial charge < -0.3 is 9.84 Å². The molecule has 0 aliphatic carbocycles. The molecule has 2 aromatic rings. The summed E-state index contributed by atoms with van der Waals surface area (Å²) < 4.78 is 18.9. The summed E-state index contributed by atoms with van der Waals surface area (Å²) in [4.78, 5) is 1.05. The van der Waals surface area contributed by atoms with Crippen molar-refractivity contribution in [2.24, 2.45) is 0 Å². The number of hydrogen-bond acceptors (Lipinski definition) is 3. The lowest BCUT2D eigenvalue weighted by Crippen LogP contribution is -1.95. The van der Waals surface area contributed by atoms with E-state index in [9.17, 15) is 4.39 Å². The fourth-order valence-corrected chi connectivity index (χ4v) is 2.37. The molecule has 0 spiro atoms. The molecular weight excluding hydrogens is 275 g/mol. The second kappa shape index (κ2) is 7.81. The molecule has 20 heavy (non-hydrogen) atoms.